The zero-order chi connectivity index (χ0) is 19.1. The normalized spacial score (nSPS) is 16.4. The number of para-hydroxylation sites is 1. The maximum atomic E-state index is 12.9. The number of rotatable bonds is 8. The highest BCUT2D eigenvalue weighted by atomic mass is 16.5. The number of benzene rings is 1. The molecule has 0 saturated carbocycles. The van der Waals surface area contributed by atoms with Crippen molar-refractivity contribution in [1.82, 2.24) is 19.8 Å². The van der Waals surface area contributed by atoms with Gasteiger partial charge in [-0.2, -0.15) is 0 Å². The van der Waals surface area contributed by atoms with E-state index in [1.165, 1.54) is 0 Å². The minimum absolute atomic E-state index is 0.0828. The lowest BCUT2D eigenvalue weighted by Gasteiger charge is -2.38. The fourth-order valence-corrected chi connectivity index (χ4v) is 3.88. The van der Waals surface area contributed by atoms with Crippen LogP contribution in [-0.4, -0.2) is 59.2 Å². The van der Waals surface area contributed by atoms with Crippen molar-refractivity contribution in [1.29, 1.82) is 0 Å². The number of nitrogens with one attached hydrogen (secondary N) is 1. The van der Waals surface area contributed by atoms with Gasteiger partial charge in [-0.3, -0.25) is 14.3 Å². The quantitative estimate of drug-likeness (QED) is 0.776. The Morgan fingerprint density at radius 2 is 1.89 bits per heavy atom. The number of ether oxygens (including phenoxy) is 1. The van der Waals surface area contributed by atoms with Crippen molar-refractivity contribution in [3.05, 3.63) is 48.5 Å². The van der Waals surface area contributed by atoms with E-state index in [0.29, 0.717) is 24.2 Å². The molecule has 0 spiro atoms. The molecule has 1 fully saturated rings. The molecular formula is C21H30N4O2. The molecule has 1 unspecified atom stereocenters. The van der Waals surface area contributed by atoms with Crippen molar-refractivity contribution in [2.24, 2.45) is 5.92 Å². The molecule has 27 heavy (non-hydrogen) atoms. The average Bonchev–Trinajstić information content (AvgIpc) is 3.22. The van der Waals surface area contributed by atoms with Crippen LogP contribution in [0, 0.1) is 5.92 Å². The molecule has 0 aliphatic carbocycles. The Hall–Kier alpha value is -2.18. The third-order valence-electron chi connectivity index (χ3n) is 5.48. The number of nitrogens with zero attached hydrogens (tertiary/aromatic N) is 3. The number of aromatic nitrogens is 2. The van der Waals surface area contributed by atoms with E-state index >= 15 is 0 Å². The molecule has 0 bridgehead atoms. The van der Waals surface area contributed by atoms with E-state index in [2.05, 4.69) is 29.0 Å². The second kappa shape index (κ2) is 9.67. The molecule has 146 valence electrons. The summed E-state index contributed by atoms with van der Waals surface area (Å²) < 4.78 is 7.34. The van der Waals surface area contributed by atoms with Gasteiger partial charge in [0.2, 0.25) is 0 Å². The lowest BCUT2D eigenvalue weighted by molar-refractivity contribution is 0.00189. The van der Waals surface area contributed by atoms with Crippen molar-refractivity contribution >= 4 is 5.91 Å². The first kappa shape index (κ1) is 19.6. The van der Waals surface area contributed by atoms with Crippen LogP contribution < -0.4 is 5.32 Å². The summed E-state index contributed by atoms with van der Waals surface area (Å²) in [6.07, 6.45) is 5.53. The van der Waals surface area contributed by atoms with Crippen molar-refractivity contribution in [2.75, 3.05) is 32.8 Å². The standard InChI is InChI=1S/C21H30N4O2/c1-3-17(4-2)19(24-10-12-27-13-11-24)15-23-21(26)20-14-22-16-25(20)18-8-6-5-7-9-18/h5-9,14,16-17,19H,3-4,10-13,15H2,1-2H3,(H,23,26). The minimum Gasteiger partial charge on any atom is -0.379 e. The fourth-order valence-electron chi connectivity index (χ4n) is 3.88. The molecular weight excluding hydrogens is 340 g/mol. The summed E-state index contributed by atoms with van der Waals surface area (Å²) in [7, 11) is 0. The van der Waals surface area contributed by atoms with Gasteiger partial charge in [0.15, 0.2) is 0 Å². The van der Waals surface area contributed by atoms with Crippen molar-refractivity contribution in [3.63, 3.8) is 0 Å². The number of morpholine rings is 1. The topological polar surface area (TPSA) is 59.4 Å². The molecule has 6 heteroatoms. The predicted octanol–water partition coefficient (Wildman–Crippen LogP) is 2.74. The summed E-state index contributed by atoms with van der Waals surface area (Å²) in [5, 5.41) is 3.16. The number of carbonyl (C=O) groups excluding carboxylic acids is 1. The average molecular weight is 370 g/mol. The van der Waals surface area contributed by atoms with Crippen LogP contribution in [-0.2, 0) is 4.74 Å². The number of amides is 1. The zero-order valence-corrected chi connectivity index (χ0v) is 16.3. The van der Waals surface area contributed by atoms with E-state index in [0.717, 1.165) is 44.8 Å². The summed E-state index contributed by atoms with van der Waals surface area (Å²) >= 11 is 0. The van der Waals surface area contributed by atoms with Gasteiger partial charge >= 0.3 is 0 Å². The van der Waals surface area contributed by atoms with E-state index in [1.54, 1.807) is 12.5 Å². The van der Waals surface area contributed by atoms with Crippen LogP contribution in [0.15, 0.2) is 42.9 Å². The Labute approximate surface area is 161 Å². The molecule has 2 heterocycles. The first-order chi connectivity index (χ1) is 13.2. The van der Waals surface area contributed by atoms with Gasteiger partial charge in [-0.15, -0.1) is 0 Å². The molecule has 1 aliphatic rings. The molecule has 1 amide bonds. The van der Waals surface area contributed by atoms with Crippen LogP contribution in [0.4, 0.5) is 0 Å². The van der Waals surface area contributed by atoms with Gasteiger partial charge in [-0.05, 0) is 18.1 Å². The monoisotopic (exact) mass is 370 g/mol. The van der Waals surface area contributed by atoms with Gasteiger partial charge < -0.3 is 10.1 Å². The molecule has 0 radical (unpaired) electrons. The second-order valence-electron chi connectivity index (χ2n) is 6.99. The zero-order valence-electron chi connectivity index (χ0n) is 16.3. The van der Waals surface area contributed by atoms with E-state index in [1.807, 2.05) is 34.9 Å². The molecule has 2 aromatic rings. The van der Waals surface area contributed by atoms with Gasteiger partial charge in [-0.1, -0.05) is 44.9 Å². The lowest BCUT2D eigenvalue weighted by Crippen LogP contribution is -2.52. The highest BCUT2D eigenvalue weighted by Gasteiger charge is 2.27. The van der Waals surface area contributed by atoms with Crippen LogP contribution in [0.2, 0.25) is 0 Å². The predicted molar refractivity (Wildman–Crippen MR) is 106 cm³/mol. The third-order valence-corrected chi connectivity index (χ3v) is 5.48. The lowest BCUT2D eigenvalue weighted by atomic mass is 9.92. The molecule has 6 nitrogen and oxygen atoms in total. The number of imidazole rings is 1. The van der Waals surface area contributed by atoms with Crippen LogP contribution in [0.1, 0.15) is 37.2 Å². The van der Waals surface area contributed by atoms with Gasteiger partial charge in [0.25, 0.3) is 5.91 Å². The Bertz CT molecular complexity index is 706. The molecule has 1 saturated heterocycles. The Kier molecular flexibility index (Phi) is 7.01. The van der Waals surface area contributed by atoms with Crippen LogP contribution >= 0.6 is 0 Å². The largest absolute Gasteiger partial charge is 0.379 e. The van der Waals surface area contributed by atoms with Gasteiger partial charge in [-0.25, -0.2) is 4.98 Å². The summed E-state index contributed by atoms with van der Waals surface area (Å²) in [4.78, 5) is 19.5. The van der Waals surface area contributed by atoms with Crippen LogP contribution in [0.5, 0.6) is 0 Å². The van der Waals surface area contributed by atoms with E-state index < -0.39 is 0 Å². The van der Waals surface area contributed by atoms with E-state index in [4.69, 9.17) is 4.74 Å². The number of hydrogen-bond donors (Lipinski definition) is 1. The minimum atomic E-state index is -0.0828. The fraction of sp³-hybridized carbons (Fsp3) is 0.524. The van der Waals surface area contributed by atoms with Crippen molar-refractivity contribution in [2.45, 2.75) is 32.7 Å². The first-order valence-corrected chi connectivity index (χ1v) is 9.92. The van der Waals surface area contributed by atoms with Crippen molar-refractivity contribution in [3.8, 4) is 5.69 Å². The Morgan fingerprint density at radius 1 is 1.19 bits per heavy atom. The SMILES string of the molecule is CCC(CC)C(CNC(=O)c1cncn1-c1ccccc1)N1CCOCC1. The maximum Gasteiger partial charge on any atom is 0.269 e. The Morgan fingerprint density at radius 3 is 2.56 bits per heavy atom. The molecule has 1 atom stereocenters. The highest BCUT2D eigenvalue weighted by molar-refractivity contribution is 5.93. The van der Waals surface area contributed by atoms with Gasteiger partial charge in [0.1, 0.15) is 5.69 Å². The number of carbonyl (C=O) groups is 1. The van der Waals surface area contributed by atoms with Crippen LogP contribution in [0.3, 0.4) is 0 Å². The van der Waals surface area contributed by atoms with Crippen LogP contribution in [0.25, 0.3) is 5.69 Å². The first-order valence-electron chi connectivity index (χ1n) is 9.92. The van der Waals surface area contributed by atoms with Gasteiger partial charge in [0, 0.05) is 31.4 Å². The molecule has 1 aromatic carbocycles. The molecule has 1 aromatic heterocycles. The maximum absolute atomic E-state index is 12.9. The Balaban J connectivity index is 1.70. The number of hydrogen-bond acceptors (Lipinski definition) is 4. The van der Waals surface area contributed by atoms with Gasteiger partial charge in [0.05, 0.1) is 25.7 Å². The summed E-state index contributed by atoms with van der Waals surface area (Å²) in [6.45, 7) is 8.50. The van der Waals surface area contributed by atoms with E-state index in [9.17, 15) is 4.79 Å². The summed E-state index contributed by atoms with van der Waals surface area (Å²) in [5.41, 5.74) is 1.50. The molecule has 1 N–H and O–H groups in total. The molecule has 1 aliphatic heterocycles. The summed E-state index contributed by atoms with van der Waals surface area (Å²) in [5.74, 6) is 0.475. The smallest absolute Gasteiger partial charge is 0.269 e. The second-order valence-corrected chi connectivity index (χ2v) is 6.99. The highest BCUT2D eigenvalue weighted by Crippen LogP contribution is 2.20. The van der Waals surface area contributed by atoms with Crippen molar-refractivity contribution < 1.29 is 9.53 Å². The summed E-state index contributed by atoms with van der Waals surface area (Å²) in [6, 6.07) is 10.2. The van der Waals surface area contributed by atoms with E-state index in [-0.39, 0.29) is 5.91 Å². The molecule has 3 rings (SSSR count). The third kappa shape index (κ3) is 4.76.